The number of carbonyl (C=O) groups is 6. The molecule has 0 saturated heterocycles. The fourth-order valence-corrected chi connectivity index (χ4v) is 4.84. The molecule has 1 aromatic carbocycles. The Bertz CT molecular complexity index is 1210. The molecule has 0 aromatic heterocycles. The summed E-state index contributed by atoms with van der Waals surface area (Å²) < 4.78 is 10.6. The minimum atomic E-state index is -0.675. The molecule has 0 radical (unpaired) electrons. The minimum Gasteiger partial charge on any atom is -0.508 e. The molecule has 43 heavy (non-hydrogen) atoms. The third-order valence-corrected chi connectivity index (χ3v) is 7.80. The Morgan fingerprint density at radius 1 is 0.558 bits per heavy atom. The van der Waals surface area contributed by atoms with Gasteiger partial charge in [0.05, 0.1) is 24.3 Å². The van der Waals surface area contributed by atoms with Crippen LogP contribution in [0.3, 0.4) is 0 Å². The van der Waals surface area contributed by atoms with Gasteiger partial charge in [0.2, 0.25) is 0 Å². The number of nitrogens with zero attached hydrogens (tertiary/aromatic N) is 2. The number of phenolic OH excluding ortho intramolecular Hbond substituents is 1. The van der Waals surface area contributed by atoms with Gasteiger partial charge in [0.15, 0.2) is 0 Å². The van der Waals surface area contributed by atoms with E-state index in [0.717, 1.165) is 25.7 Å². The predicted octanol–water partition coefficient (Wildman–Crippen LogP) is 4.24. The second kappa shape index (κ2) is 15.3. The van der Waals surface area contributed by atoms with Gasteiger partial charge in [-0.1, -0.05) is 12.8 Å². The number of carbonyl (C=O) groups excluding carboxylic acids is 6. The van der Waals surface area contributed by atoms with Crippen LogP contribution >= 0.6 is 0 Å². The topological polar surface area (TPSA) is 148 Å². The molecule has 0 bridgehead atoms. The Balaban J connectivity index is 1.30. The van der Waals surface area contributed by atoms with Gasteiger partial charge in [-0.3, -0.25) is 29.0 Å². The van der Waals surface area contributed by atoms with Crippen molar-refractivity contribution in [1.29, 1.82) is 0 Å². The molecule has 0 atom stereocenters. The second-order valence-corrected chi connectivity index (χ2v) is 10.9. The standard InChI is InChI=1S/C32H40N2O9/c1-20-21(2)28(37)33(27(20)36)13-9-5-7-11-15-42-31(40)24-17-25(19-26(35)18-24)32(41)43-16-12-8-6-10-14-34-29(38)22(3)23(4)30(34)39/h17-19,35H,5-16H2,1-4H3. The molecular formula is C32H40N2O9. The summed E-state index contributed by atoms with van der Waals surface area (Å²) in [7, 11) is 0. The van der Waals surface area contributed by atoms with Gasteiger partial charge in [0.1, 0.15) is 5.75 Å². The Labute approximate surface area is 251 Å². The first-order valence-corrected chi connectivity index (χ1v) is 14.7. The third kappa shape index (κ3) is 8.39. The lowest BCUT2D eigenvalue weighted by Gasteiger charge is -2.14. The first-order chi connectivity index (χ1) is 20.4. The van der Waals surface area contributed by atoms with Crippen molar-refractivity contribution in [3.8, 4) is 5.75 Å². The summed E-state index contributed by atoms with van der Waals surface area (Å²) in [6.07, 6.45) is 5.45. The average molecular weight is 597 g/mol. The number of hydrogen-bond donors (Lipinski definition) is 1. The van der Waals surface area contributed by atoms with Gasteiger partial charge < -0.3 is 14.6 Å². The molecule has 2 aliphatic rings. The molecule has 0 fully saturated rings. The highest BCUT2D eigenvalue weighted by Crippen LogP contribution is 2.22. The smallest absolute Gasteiger partial charge is 0.338 e. The molecule has 3 rings (SSSR count). The highest BCUT2D eigenvalue weighted by Gasteiger charge is 2.33. The summed E-state index contributed by atoms with van der Waals surface area (Å²) in [6.45, 7) is 7.61. The lowest BCUT2D eigenvalue weighted by Crippen LogP contribution is -2.32. The quantitative estimate of drug-likeness (QED) is 0.168. The third-order valence-electron chi connectivity index (χ3n) is 7.80. The monoisotopic (exact) mass is 596 g/mol. The van der Waals surface area contributed by atoms with Crippen LogP contribution in [0, 0.1) is 0 Å². The van der Waals surface area contributed by atoms with E-state index >= 15 is 0 Å². The van der Waals surface area contributed by atoms with Crippen LogP contribution < -0.4 is 0 Å². The first-order valence-electron chi connectivity index (χ1n) is 14.7. The maximum absolute atomic E-state index is 12.5. The van der Waals surface area contributed by atoms with Crippen molar-refractivity contribution in [3.05, 3.63) is 51.6 Å². The molecule has 232 valence electrons. The first kappa shape index (κ1) is 33.2. The molecule has 1 N–H and O–H groups in total. The lowest BCUT2D eigenvalue weighted by atomic mass is 10.1. The Morgan fingerprint density at radius 2 is 0.884 bits per heavy atom. The highest BCUT2D eigenvalue weighted by atomic mass is 16.5. The van der Waals surface area contributed by atoms with E-state index < -0.39 is 11.9 Å². The minimum absolute atomic E-state index is 0.0298. The number of esters is 2. The molecule has 0 saturated carbocycles. The van der Waals surface area contributed by atoms with Crippen molar-refractivity contribution in [1.82, 2.24) is 9.80 Å². The van der Waals surface area contributed by atoms with Gasteiger partial charge in [-0.15, -0.1) is 0 Å². The van der Waals surface area contributed by atoms with Crippen LogP contribution in [-0.2, 0) is 28.7 Å². The van der Waals surface area contributed by atoms with E-state index in [1.54, 1.807) is 27.7 Å². The number of benzene rings is 1. The fourth-order valence-electron chi connectivity index (χ4n) is 4.84. The number of ether oxygens (including phenoxy) is 2. The largest absolute Gasteiger partial charge is 0.508 e. The fraction of sp³-hybridized carbons (Fsp3) is 0.500. The number of phenols is 1. The summed E-state index contributed by atoms with van der Waals surface area (Å²) in [5.41, 5.74) is 2.02. The van der Waals surface area contributed by atoms with Crippen LogP contribution in [0.25, 0.3) is 0 Å². The molecule has 11 nitrogen and oxygen atoms in total. The maximum atomic E-state index is 12.5. The van der Waals surface area contributed by atoms with E-state index in [4.69, 9.17) is 9.47 Å². The van der Waals surface area contributed by atoms with Gasteiger partial charge in [0.25, 0.3) is 23.6 Å². The summed E-state index contributed by atoms with van der Waals surface area (Å²) in [5.74, 6) is -2.57. The molecule has 4 amide bonds. The van der Waals surface area contributed by atoms with Gasteiger partial charge in [-0.05, 0) is 84.4 Å². The van der Waals surface area contributed by atoms with Crippen molar-refractivity contribution < 1.29 is 43.3 Å². The van der Waals surface area contributed by atoms with E-state index in [1.807, 2.05) is 0 Å². The molecular weight excluding hydrogens is 556 g/mol. The van der Waals surface area contributed by atoms with Crippen LogP contribution in [0.4, 0.5) is 0 Å². The predicted molar refractivity (Wildman–Crippen MR) is 156 cm³/mol. The van der Waals surface area contributed by atoms with Crippen molar-refractivity contribution in [2.24, 2.45) is 0 Å². The molecule has 0 spiro atoms. The number of aromatic hydroxyl groups is 1. The molecule has 2 heterocycles. The molecule has 11 heteroatoms. The Hall–Kier alpha value is -4.28. The van der Waals surface area contributed by atoms with Gasteiger partial charge in [-0.25, -0.2) is 9.59 Å². The summed E-state index contributed by atoms with van der Waals surface area (Å²) in [4.78, 5) is 75.8. The number of imide groups is 2. The SMILES string of the molecule is CC1=C(C)C(=O)N(CCCCCCOC(=O)c2cc(O)cc(C(=O)OCCCCCCN3C(=O)C(C)=C(C)C3=O)c2)C1=O. The molecule has 0 unspecified atom stereocenters. The van der Waals surface area contributed by atoms with Crippen LogP contribution in [0.1, 0.15) is 99.8 Å². The normalized spacial score (nSPS) is 15.3. The zero-order valence-electron chi connectivity index (χ0n) is 25.3. The van der Waals surface area contributed by atoms with Crippen molar-refractivity contribution in [3.63, 3.8) is 0 Å². The second-order valence-electron chi connectivity index (χ2n) is 10.9. The van der Waals surface area contributed by atoms with Crippen LogP contribution in [0.2, 0.25) is 0 Å². The lowest BCUT2D eigenvalue weighted by molar-refractivity contribution is -0.139. The number of hydrogen-bond acceptors (Lipinski definition) is 9. The van der Waals surface area contributed by atoms with Gasteiger partial charge in [0, 0.05) is 35.4 Å². The number of unbranched alkanes of at least 4 members (excludes halogenated alkanes) is 6. The Kier molecular flexibility index (Phi) is 11.8. The Morgan fingerprint density at radius 3 is 1.23 bits per heavy atom. The maximum Gasteiger partial charge on any atom is 0.338 e. The zero-order chi connectivity index (χ0) is 31.7. The van der Waals surface area contributed by atoms with Crippen molar-refractivity contribution >= 4 is 35.6 Å². The van der Waals surface area contributed by atoms with E-state index in [0.29, 0.717) is 61.1 Å². The zero-order valence-corrected chi connectivity index (χ0v) is 25.3. The van der Waals surface area contributed by atoms with E-state index in [2.05, 4.69) is 0 Å². The molecule has 2 aliphatic heterocycles. The summed E-state index contributed by atoms with van der Waals surface area (Å²) in [6, 6.07) is 3.75. The van der Waals surface area contributed by atoms with Crippen molar-refractivity contribution in [2.75, 3.05) is 26.3 Å². The van der Waals surface area contributed by atoms with Crippen LogP contribution in [0.15, 0.2) is 40.5 Å². The summed E-state index contributed by atoms with van der Waals surface area (Å²) >= 11 is 0. The van der Waals surface area contributed by atoms with Gasteiger partial charge >= 0.3 is 11.9 Å². The van der Waals surface area contributed by atoms with E-state index in [1.165, 1.54) is 28.0 Å². The number of amides is 4. The van der Waals surface area contributed by atoms with Crippen LogP contribution in [-0.4, -0.2) is 76.8 Å². The van der Waals surface area contributed by atoms with E-state index in [9.17, 15) is 33.9 Å². The van der Waals surface area contributed by atoms with E-state index in [-0.39, 0.29) is 53.7 Å². The average Bonchev–Trinajstić information content (AvgIpc) is 3.28. The molecule has 0 aliphatic carbocycles. The van der Waals surface area contributed by atoms with Crippen molar-refractivity contribution in [2.45, 2.75) is 79.1 Å². The van der Waals surface area contributed by atoms with Crippen LogP contribution in [0.5, 0.6) is 5.75 Å². The highest BCUT2D eigenvalue weighted by molar-refractivity contribution is 6.19. The number of rotatable bonds is 16. The van der Waals surface area contributed by atoms with Gasteiger partial charge in [-0.2, -0.15) is 0 Å². The molecule has 1 aromatic rings. The summed E-state index contributed by atoms with van der Waals surface area (Å²) in [5, 5.41) is 10.0.